The lowest BCUT2D eigenvalue weighted by atomic mass is 9.50. The van der Waals surface area contributed by atoms with Crippen LogP contribution in [-0.2, 0) is 16.2 Å². The number of alkyl halides is 3. The van der Waals surface area contributed by atoms with Gasteiger partial charge < -0.3 is 14.9 Å². The van der Waals surface area contributed by atoms with Crippen molar-refractivity contribution < 1.29 is 36.3 Å². The Balaban J connectivity index is 0.974. The molecule has 0 atom stereocenters. The number of piperazine rings is 1. The molecule has 13 heteroatoms. The van der Waals surface area contributed by atoms with Gasteiger partial charge in [0.1, 0.15) is 5.75 Å². The minimum absolute atomic E-state index is 0.00874. The van der Waals surface area contributed by atoms with Crippen LogP contribution in [0.3, 0.4) is 0 Å². The van der Waals surface area contributed by atoms with Gasteiger partial charge in [-0.3, -0.25) is 14.6 Å². The number of carbonyl (C=O) groups excluding carboxylic acids is 2. The third-order valence-electron chi connectivity index (χ3n) is 10.5. The number of amides is 2. The predicted octanol–water partition coefficient (Wildman–Crippen LogP) is 5.71. The number of benzene rings is 2. The number of rotatable bonds is 7. The fourth-order valence-electron chi connectivity index (χ4n) is 8.95. The van der Waals surface area contributed by atoms with Crippen molar-refractivity contribution >= 4 is 27.5 Å². The molecule has 1 aromatic heterocycles. The molecule has 4 saturated carbocycles. The molecule has 1 saturated heterocycles. The average molecular weight is 683 g/mol. The summed E-state index contributed by atoms with van der Waals surface area (Å²) in [4.78, 5) is 33.7. The van der Waals surface area contributed by atoms with Gasteiger partial charge in [-0.15, -0.1) is 0 Å². The van der Waals surface area contributed by atoms with Crippen LogP contribution >= 0.6 is 0 Å². The maximum Gasteiger partial charge on any atom is 0.416 e. The van der Waals surface area contributed by atoms with E-state index in [1.807, 2.05) is 4.90 Å². The van der Waals surface area contributed by atoms with Gasteiger partial charge in [-0.2, -0.15) is 13.2 Å². The van der Waals surface area contributed by atoms with Crippen LogP contribution in [-0.4, -0.2) is 67.2 Å². The second-order valence-electron chi connectivity index (χ2n) is 14.2. The van der Waals surface area contributed by atoms with Crippen LogP contribution in [0, 0.1) is 23.2 Å². The van der Waals surface area contributed by atoms with Crippen LogP contribution in [0.1, 0.15) is 64.8 Å². The van der Waals surface area contributed by atoms with Crippen LogP contribution < -0.4 is 9.62 Å². The second kappa shape index (κ2) is 12.1. The first-order valence-electron chi connectivity index (χ1n) is 16.3. The highest BCUT2D eigenvalue weighted by Gasteiger charge is 2.52. The predicted molar refractivity (Wildman–Crippen MR) is 173 cm³/mol. The lowest BCUT2D eigenvalue weighted by molar-refractivity contribution is -0.137. The molecule has 4 bridgehead atoms. The van der Waals surface area contributed by atoms with Crippen molar-refractivity contribution in [3.63, 3.8) is 0 Å². The summed E-state index contributed by atoms with van der Waals surface area (Å²) < 4.78 is 69.8. The third kappa shape index (κ3) is 6.74. The van der Waals surface area contributed by atoms with Crippen molar-refractivity contribution in [2.45, 2.75) is 44.7 Å². The van der Waals surface area contributed by atoms with Crippen molar-refractivity contribution in [3.05, 3.63) is 77.6 Å². The van der Waals surface area contributed by atoms with Gasteiger partial charge in [0.25, 0.3) is 11.8 Å². The summed E-state index contributed by atoms with van der Waals surface area (Å²) in [6, 6.07) is 11.0. The third-order valence-corrected chi connectivity index (χ3v) is 12.0. The normalized spacial score (nSPS) is 25.3. The van der Waals surface area contributed by atoms with Gasteiger partial charge in [0.15, 0.2) is 0 Å². The number of hydrogen-bond acceptors (Lipinski definition) is 7. The Hall–Kier alpha value is -4.13. The van der Waals surface area contributed by atoms with Crippen molar-refractivity contribution in [2.75, 3.05) is 36.8 Å². The Morgan fingerprint density at radius 2 is 1.48 bits per heavy atom. The van der Waals surface area contributed by atoms with Gasteiger partial charge in [0.05, 0.1) is 17.5 Å². The number of aromatic hydroxyl groups is 1. The lowest BCUT2D eigenvalue weighted by Crippen LogP contribution is -2.51. The fraction of sp³-hybridized carbons (Fsp3) is 0.457. The van der Waals surface area contributed by atoms with E-state index in [2.05, 4.69) is 9.71 Å². The first kappa shape index (κ1) is 32.4. The van der Waals surface area contributed by atoms with E-state index in [4.69, 9.17) is 0 Å². The number of aromatic nitrogens is 1. The summed E-state index contributed by atoms with van der Waals surface area (Å²) >= 11 is 0. The second-order valence-corrected chi connectivity index (χ2v) is 15.9. The van der Waals surface area contributed by atoms with Gasteiger partial charge >= 0.3 is 6.18 Å². The number of hydrogen-bond donors (Lipinski definition) is 2. The summed E-state index contributed by atoms with van der Waals surface area (Å²) in [5.74, 6) is 0.399. The first-order chi connectivity index (χ1) is 22.7. The highest BCUT2D eigenvalue weighted by Crippen LogP contribution is 2.60. The summed E-state index contributed by atoms with van der Waals surface area (Å²) in [5.41, 5.74) is 0.0372. The quantitative estimate of drug-likeness (QED) is 0.328. The van der Waals surface area contributed by atoms with E-state index < -0.39 is 33.6 Å². The number of nitrogens with zero attached hydrogens (tertiary/aromatic N) is 3. The molecule has 48 heavy (non-hydrogen) atoms. The molecular weight excluding hydrogens is 645 g/mol. The maximum atomic E-state index is 13.7. The van der Waals surface area contributed by atoms with E-state index in [0.717, 1.165) is 37.1 Å². The highest BCUT2D eigenvalue weighted by molar-refractivity contribution is 7.90. The minimum Gasteiger partial charge on any atom is -0.506 e. The molecule has 254 valence electrons. The molecule has 0 spiro atoms. The molecule has 2 amide bonds. The van der Waals surface area contributed by atoms with E-state index >= 15 is 0 Å². The van der Waals surface area contributed by atoms with Crippen LogP contribution in [0.2, 0.25) is 0 Å². The summed E-state index contributed by atoms with van der Waals surface area (Å²) in [7, 11) is -3.81. The van der Waals surface area contributed by atoms with E-state index in [9.17, 15) is 36.3 Å². The molecule has 0 radical (unpaired) electrons. The number of nitrogens with one attached hydrogen (secondary N) is 1. The van der Waals surface area contributed by atoms with E-state index in [-0.39, 0.29) is 52.3 Å². The molecule has 3 aromatic rings. The van der Waals surface area contributed by atoms with Gasteiger partial charge in [-0.05, 0) is 116 Å². The summed E-state index contributed by atoms with van der Waals surface area (Å²) in [6.45, 7) is 1.31. The van der Waals surface area contributed by atoms with Crippen molar-refractivity contribution in [2.24, 2.45) is 23.2 Å². The van der Waals surface area contributed by atoms with Crippen LogP contribution in [0.25, 0.3) is 11.1 Å². The maximum absolute atomic E-state index is 13.7. The molecule has 1 aliphatic heterocycles. The molecule has 5 aliphatic rings. The molecule has 5 fully saturated rings. The number of sulfonamides is 1. The van der Waals surface area contributed by atoms with Crippen molar-refractivity contribution in [3.8, 4) is 16.9 Å². The fourth-order valence-corrected chi connectivity index (χ4v) is 10.6. The van der Waals surface area contributed by atoms with Gasteiger partial charge in [-0.25, -0.2) is 13.1 Å². The van der Waals surface area contributed by atoms with Crippen LogP contribution in [0.15, 0.2) is 60.9 Å². The number of anilines is 1. The van der Waals surface area contributed by atoms with Gasteiger partial charge in [0, 0.05) is 54.8 Å². The molecule has 2 heterocycles. The Morgan fingerprint density at radius 1 is 0.854 bits per heavy atom. The molecule has 9 nitrogen and oxygen atoms in total. The van der Waals surface area contributed by atoms with E-state index in [1.165, 1.54) is 48.7 Å². The number of pyridine rings is 1. The van der Waals surface area contributed by atoms with E-state index in [0.29, 0.717) is 30.8 Å². The summed E-state index contributed by atoms with van der Waals surface area (Å²) in [6.07, 6.45) is 4.21. The number of halogens is 3. The molecule has 2 N–H and O–H groups in total. The topological polar surface area (TPSA) is 120 Å². The summed E-state index contributed by atoms with van der Waals surface area (Å²) in [5, 5.41) is 9.77. The minimum atomic E-state index is -4.68. The standard InChI is InChI=1S/C35H37F3N4O5S/c36-35(37,38)29-13-26(28-15-31(43)20-39-19-28)12-27(14-29)33(45)42-7-5-41(6-8-42)30-3-1-25(2-4-30)32(44)40-48(46,47)21-34-16-22-9-23(17-34)11-24(10-22)18-34/h1-4,12-15,19-20,22-24,43H,5-11,16-18,21H2,(H,40,44). The molecule has 2 aromatic carbocycles. The van der Waals surface area contributed by atoms with Gasteiger partial charge in [-0.1, -0.05) is 0 Å². The molecule has 4 aliphatic carbocycles. The number of carbonyl (C=O) groups is 2. The molecule has 8 rings (SSSR count). The Morgan fingerprint density at radius 3 is 2.06 bits per heavy atom. The van der Waals surface area contributed by atoms with Crippen LogP contribution in [0.5, 0.6) is 5.75 Å². The zero-order valence-electron chi connectivity index (χ0n) is 26.2. The first-order valence-corrected chi connectivity index (χ1v) is 18.0. The van der Waals surface area contributed by atoms with Crippen molar-refractivity contribution in [1.29, 1.82) is 0 Å². The Kier molecular flexibility index (Phi) is 8.16. The highest BCUT2D eigenvalue weighted by atomic mass is 32.2. The monoisotopic (exact) mass is 682 g/mol. The SMILES string of the molecule is O=C(NS(=O)(=O)CC12CC3CC(CC(C3)C1)C2)c1ccc(N2CCN(C(=O)c3cc(-c4cncc(O)c4)cc(C(F)(F)F)c3)CC2)cc1. The van der Waals surface area contributed by atoms with Crippen LogP contribution in [0.4, 0.5) is 18.9 Å². The molecular formula is C35H37F3N4O5S. The molecule has 0 unspecified atom stereocenters. The van der Waals surface area contributed by atoms with Crippen molar-refractivity contribution in [1.82, 2.24) is 14.6 Å². The average Bonchev–Trinajstić information content (AvgIpc) is 3.02. The largest absolute Gasteiger partial charge is 0.506 e. The Bertz CT molecular complexity index is 1800. The zero-order valence-corrected chi connectivity index (χ0v) is 27.1. The lowest BCUT2D eigenvalue weighted by Gasteiger charge is -2.56. The smallest absolute Gasteiger partial charge is 0.416 e. The van der Waals surface area contributed by atoms with Gasteiger partial charge in [0.2, 0.25) is 10.0 Å². The van der Waals surface area contributed by atoms with E-state index in [1.54, 1.807) is 24.3 Å². The zero-order chi connectivity index (χ0) is 33.8. The Labute approximate surface area is 277 Å².